The quantitative estimate of drug-likeness (QED) is 0.491. The van der Waals surface area contributed by atoms with Crippen LogP contribution < -0.4 is 4.74 Å². The van der Waals surface area contributed by atoms with E-state index in [1.54, 1.807) is 23.3 Å². The molecule has 5 nitrogen and oxygen atoms in total. The number of nitrogens with one attached hydrogen (secondary N) is 1. The molecule has 0 fully saturated rings. The molecule has 4 rings (SSSR count). The van der Waals surface area contributed by atoms with Crippen molar-refractivity contribution in [2.24, 2.45) is 0 Å². The highest BCUT2D eigenvalue weighted by atomic mass is 32.1. The molecule has 1 N–H and O–H groups in total. The van der Waals surface area contributed by atoms with E-state index < -0.39 is 0 Å². The van der Waals surface area contributed by atoms with Crippen LogP contribution in [0.2, 0.25) is 0 Å². The van der Waals surface area contributed by atoms with Gasteiger partial charge in [0.05, 0.1) is 19.2 Å². The number of methoxy groups -OCH3 is 1. The van der Waals surface area contributed by atoms with Crippen molar-refractivity contribution in [2.45, 2.75) is 12.8 Å². The lowest BCUT2D eigenvalue weighted by atomic mass is 10.1. The predicted octanol–water partition coefficient (Wildman–Crippen LogP) is 4.54. The number of ether oxygens (including phenoxy) is 1. The Balaban J connectivity index is 1.35. The molecule has 0 aliphatic carbocycles. The molecule has 0 atom stereocenters. The minimum atomic E-state index is 0.0800. The molecule has 29 heavy (non-hydrogen) atoms. The van der Waals surface area contributed by atoms with Crippen molar-refractivity contribution in [1.29, 1.82) is 0 Å². The fourth-order valence-electron chi connectivity index (χ4n) is 3.30. The number of nitrogens with zero attached hydrogens (tertiary/aromatic N) is 2. The fourth-order valence-corrected chi connectivity index (χ4v) is 4.12. The molecule has 2 aromatic heterocycles. The minimum absolute atomic E-state index is 0.0800. The lowest BCUT2D eigenvalue weighted by Gasteiger charge is -2.16. The van der Waals surface area contributed by atoms with Crippen molar-refractivity contribution >= 4 is 28.1 Å². The second-order valence-electron chi connectivity index (χ2n) is 6.97. The monoisotopic (exact) mass is 405 g/mol. The molecule has 1 amide bonds. The van der Waals surface area contributed by atoms with Crippen LogP contribution in [0.15, 0.2) is 60.1 Å². The molecular formula is C23H23N3O2S. The van der Waals surface area contributed by atoms with Crippen LogP contribution in [0, 0.1) is 0 Å². The molecule has 6 heteroatoms. The largest absolute Gasteiger partial charge is 0.497 e. The number of amides is 1. The smallest absolute Gasteiger partial charge is 0.228 e. The average molecular weight is 406 g/mol. The van der Waals surface area contributed by atoms with E-state index in [1.807, 2.05) is 55.0 Å². The molecule has 0 aliphatic heterocycles. The van der Waals surface area contributed by atoms with E-state index in [9.17, 15) is 4.79 Å². The Morgan fingerprint density at radius 2 is 1.97 bits per heavy atom. The van der Waals surface area contributed by atoms with Gasteiger partial charge in [0.15, 0.2) is 0 Å². The number of thiazole rings is 1. The van der Waals surface area contributed by atoms with Crippen LogP contribution in [-0.2, 0) is 17.6 Å². The van der Waals surface area contributed by atoms with E-state index in [1.165, 1.54) is 10.9 Å². The van der Waals surface area contributed by atoms with Crippen LogP contribution in [0.4, 0.5) is 0 Å². The molecule has 0 bridgehead atoms. The summed E-state index contributed by atoms with van der Waals surface area (Å²) < 4.78 is 5.19. The third-order valence-corrected chi connectivity index (χ3v) is 5.98. The maximum absolute atomic E-state index is 12.6. The number of benzene rings is 2. The summed E-state index contributed by atoms with van der Waals surface area (Å²) in [7, 11) is 3.51. The number of carbonyl (C=O) groups is 1. The van der Waals surface area contributed by atoms with E-state index in [0.717, 1.165) is 34.0 Å². The molecule has 0 saturated carbocycles. The maximum atomic E-state index is 12.6. The number of hydrogen-bond acceptors (Lipinski definition) is 4. The zero-order valence-corrected chi connectivity index (χ0v) is 17.3. The van der Waals surface area contributed by atoms with Gasteiger partial charge in [-0.2, -0.15) is 0 Å². The van der Waals surface area contributed by atoms with Gasteiger partial charge in [-0.25, -0.2) is 4.98 Å². The van der Waals surface area contributed by atoms with Crippen molar-refractivity contribution in [3.63, 3.8) is 0 Å². The minimum Gasteiger partial charge on any atom is -0.497 e. The van der Waals surface area contributed by atoms with Gasteiger partial charge >= 0.3 is 0 Å². The second-order valence-corrected chi connectivity index (χ2v) is 7.83. The number of hydrogen-bond donors (Lipinski definition) is 1. The van der Waals surface area contributed by atoms with Crippen molar-refractivity contribution in [1.82, 2.24) is 14.9 Å². The number of aromatic amines is 1. The van der Waals surface area contributed by atoms with Gasteiger partial charge in [-0.05, 0) is 42.3 Å². The molecule has 0 radical (unpaired) electrons. The second kappa shape index (κ2) is 8.49. The highest BCUT2D eigenvalue weighted by Crippen LogP contribution is 2.26. The highest BCUT2D eigenvalue weighted by Gasteiger charge is 2.14. The van der Waals surface area contributed by atoms with Crippen molar-refractivity contribution in [2.75, 3.05) is 20.7 Å². The lowest BCUT2D eigenvalue weighted by molar-refractivity contribution is -0.129. The number of likely N-dealkylation sites (N-methyl/N-ethyl adjacent to an activating group) is 1. The normalized spacial score (nSPS) is 11.0. The predicted molar refractivity (Wildman–Crippen MR) is 117 cm³/mol. The summed E-state index contributed by atoms with van der Waals surface area (Å²) in [6.07, 6.45) is 3.17. The van der Waals surface area contributed by atoms with Crippen LogP contribution in [0.25, 0.3) is 21.5 Å². The van der Waals surface area contributed by atoms with Crippen LogP contribution in [0.1, 0.15) is 11.3 Å². The van der Waals surface area contributed by atoms with Gasteiger partial charge in [-0.15, -0.1) is 11.3 Å². The van der Waals surface area contributed by atoms with Gasteiger partial charge < -0.3 is 14.6 Å². The maximum Gasteiger partial charge on any atom is 0.228 e. The molecule has 148 valence electrons. The summed E-state index contributed by atoms with van der Waals surface area (Å²) in [5, 5.41) is 4.10. The zero-order valence-electron chi connectivity index (χ0n) is 16.5. The first-order valence-corrected chi connectivity index (χ1v) is 10.4. The Hall–Kier alpha value is -3.12. The molecule has 0 saturated heterocycles. The number of carbonyl (C=O) groups excluding carboxylic acids is 1. The van der Waals surface area contributed by atoms with E-state index in [2.05, 4.69) is 22.1 Å². The molecule has 2 heterocycles. The fraction of sp³-hybridized carbons (Fsp3) is 0.217. The first kappa shape index (κ1) is 19.2. The van der Waals surface area contributed by atoms with E-state index in [0.29, 0.717) is 13.0 Å². The van der Waals surface area contributed by atoms with Crippen LogP contribution in [0.3, 0.4) is 0 Å². The zero-order chi connectivity index (χ0) is 20.2. The van der Waals surface area contributed by atoms with E-state index in [4.69, 9.17) is 4.74 Å². The average Bonchev–Trinajstić information content (AvgIpc) is 3.39. The molecule has 0 aliphatic rings. The van der Waals surface area contributed by atoms with Crippen LogP contribution in [0.5, 0.6) is 5.75 Å². The van der Waals surface area contributed by atoms with Gasteiger partial charge in [0.1, 0.15) is 10.8 Å². The van der Waals surface area contributed by atoms with E-state index >= 15 is 0 Å². The van der Waals surface area contributed by atoms with Gasteiger partial charge in [-0.3, -0.25) is 4.79 Å². The first-order valence-electron chi connectivity index (χ1n) is 9.52. The van der Waals surface area contributed by atoms with Gasteiger partial charge in [0, 0.05) is 41.6 Å². The molecular weight excluding hydrogens is 382 g/mol. The third-order valence-electron chi connectivity index (χ3n) is 5.04. The summed E-state index contributed by atoms with van der Waals surface area (Å²) >= 11 is 1.56. The summed E-state index contributed by atoms with van der Waals surface area (Å²) in [5.74, 6) is 0.897. The standard InChI is InChI=1S/C23H23N3O2S/c1-26(12-11-17-14-24-21-6-4-3-5-20(17)21)22(27)13-18-15-29-23(25-18)16-7-9-19(28-2)10-8-16/h3-10,14-15,24H,11-13H2,1-2H3. The van der Waals surface area contributed by atoms with Crippen molar-refractivity contribution in [3.05, 3.63) is 71.4 Å². The molecule has 0 spiro atoms. The number of rotatable bonds is 7. The van der Waals surface area contributed by atoms with Crippen LogP contribution >= 0.6 is 11.3 Å². The SMILES string of the molecule is COc1ccc(-c2nc(CC(=O)N(C)CCc3c[nH]c4ccccc34)cs2)cc1. The topological polar surface area (TPSA) is 58.2 Å². The molecule has 4 aromatic rings. The summed E-state index contributed by atoms with van der Waals surface area (Å²) in [4.78, 5) is 22.3. The van der Waals surface area contributed by atoms with Crippen LogP contribution in [-0.4, -0.2) is 41.5 Å². The number of para-hydroxylation sites is 1. The van der Waals surface area contributed by atoms with Gasteiger partial charge in [0.2, 0.25) is 5.91 Å². The molecule has 0 unspecified atom stereocenters. The van der Waals surface area contributed by atoms with Crippen molar-refractivity contribution < 1.29 is 9.53 Å². The Kier molecular flexibility index (Phi) is 5.62. The van der Waals surface area contributed by atoms with E-state index in [-0.39, 0.29) is 5.91 Å². The van der Waals surface area contributed by atoms with Gasteiger partial charge in [0.25, 0.3) is 0 Å². The Morgan fingerprint density at radius 1 is 1.17 bits per heavy atom. The van der Waals surface area contributed by atoms with Crippen molar-refractivity contribution in [3.8, 4) is 16.3 Å². The molecule has 2 aromatic carbocycles. The summed E-state index contributed by atoms with van der Waals surface area (Å²) in [6, 6.07) is 16.0. The Morgan fingerprint density at radius 3 is 2.76 bits per heavy atom. The summed E-state index contributed by atoms with van der Waals surface area (Å²) in [6.45, 7) is 0.677. The number of fused-ring (bicyclic) bond motifs is 1. The third kappa shape index (κ3) is 4.32. The first-order chi connectivity index (χ1) is 14.1. The Bertz CT molecular complexity index is 1110. The lowest BCUT2D eigenvalue weighted by Crippen LogP contribution is -2.30. The van der Waals surface area contributed by atoms with Gasteiger partial charge in [-0.1, -0.05) is 18.2 Å². The number of aromatic nitrogens is 2. The Labute approximate surface area is 174 Å². The number of H-pyrrole nitrogens is 1. The summed E-state index contributed by atoms with van der Waals surface area (Å²) in [5.41, 5.74) is 4.20. The highest BCUT2D eigenvalue weighted by molar-refractivity contribution is 7.13.